The molecule has 1 amide bonds. The molecule has 0 aliphatic heterocycles. The Bertz CT molecular complexity index is 344. The molecule has 1 rings (SSSR count). The van der Waals surface area contributed by atoms with Gasteiger partial charge >= 0.3 is 6.09 Å². The molecule has 1 unspecified atom stereocenters. The second-order valence-electron chi connectivity index (χ2n) is 7.75. The van der Waals surface area contributed by atoms with Gasteiger partial charge in [0.1, 0.15) is 5.60 Å². The molecule has 0 heterocycles. The first kappa shape index (κ1) is 18.2. The largest absolute Gasteiger partial charge is 0.444 e. The molecule has 0 aromatic rings. The van der Waals surface area contributed by atoms with Crippen LogP contribution in [0.4, 0.5) is 4.79 Å². The summed E-state index contributed by atoms with van der Waals surface area (Å²) in [4.78, 5) is 11.6. The zero-order valence-electron chi connectivity index (χ0n) is 14.6. The lowest BCUT2D eigenvalue weighted by Gasteiger charge is -2.39. The molecule has 0 radical (unpaired) electrons. The molecule has 5 nitrogen and oxygen atoms in total. The van der Waals surface area contributed by atoms with E-state index in [1.807, 2.05) is 20.8 Å². The predicted octanol–water partition coefficient (Wildman–Crippen LogP) is 2.84. The molecule has 124 valence electrons. The Kier molecular flexibility index (Phi) is 6.05. The van der Waals surface area contributed by atoms with Gasteiger partial charge in [-0.3, -0.25) is 0 Å². The lowest BCUT2D eigenvalue weighted by molar-refractivity contribution is 0.00617. The number of rotatable bonds is 6. The van der Waals surface area contributed by atoms with Crippen molar-refractivity contribution in [2.24, 2.45) is 0 Å². The minimum absolute atomic E-state index is 0.107. The van der Waals surface area contributed by atoms with E-state index in [2.05, 4.69) is 31.4 Å². The van der Waals surface area contributed by atoms with Gasteiger partial charge in [0.2, 0.25) is 0 Å². The van der Waals surface area contributed by atoms with Crippen molar-refractivity contribution in [1.29, 1.82) is 0 Å². The highest BCUT2D eigenvalue weighted by Gasteiger charge is 2.33. The molecule has 0 saturated heterocycles. The molecule has 2 N–H and O–H groups in total. The summed E-state index contributed by atoms with van der Waals surface area (Å²) in [7, 11) is 1.75. The van der Waals surface area contributed by atoms with Crippen molar-refractivity contribution in [3.63, 3.8) is 0 Å². The fourth-order valence-corrected chi connectivity index (χ4v) is 2.63. The molecule has 21 heavy (non-hydrogen) atoms. The van der Waals surface area contributed by atoms with Gasteiger partial charge in [-0.2, -0.15) is 0 Å². The van der Waals surface area contributed by atoms with Crippen LogP contribution in [0.3, 0.4) is 0 Å². The minimum atomic E-state index is -0.439. The van der Waals surface area contributed by atoms with Crippen LogP contribution in [-0.2, 0) is 9.47 Å². The molecule has 1 atom stereocenters. The first-order chi connectivity index (χ1) is 9.50. The summed E-state index contributed by atoms with van der Waals surface area (Å²) in [6.07, 6.45) is 2.55. The first-order valence-electron chi connectivity index (χ1n) is 7.81. The SMILES string of the molecule is COC(C)(C)CC(C)NC1CC(NC(=O)OC(C)(C)C)C1. The zero-order valence-corrected chi connectivity index (χ0v) is 14.6. The van der Waals surface area contributed by atoms with Gasteiger partial charge in [0.05, 0.1) is 5.60 Å². The third kappa shape index (κ3) is 7.14. The standard InChI is InChI=1S/C16H32N2O3/c1-11(10-16(5,6)20-7)17-12-8-13(9-12)18-14(19)21-15(2,3)4/h11-13,17H,8-10H2,1-7H3,(H,18,19). The van der Waals surface area contributed by atoms with Gasteiger partial charge in [0, 0.05) is 25.2 Å². The summed E-state index contributed by atoms with van der Waals surface area (Å²) in [6, 6.07) is 1.08. The van der Waals surface area contributed by atoms with Crippen molar-refractivity contribution in [2.45, 2.75) is 90.1 Å². The molecule has 0 aromatic carbocycles. The summed E-state index contributed by atoms with van der Waals surface area (Å²) >= 11 is 0. The van der Waals surface area contributed by atoms with E-state index in [9.17, 15) is 4.79 Å². The maximum atomic E-state index is 11.6. The van der Waals surface area contributed by atoms with E-state index >= 15 is 0 Å². The highest BCUT2D eigenvalue weighted by Crippen LogP contribution is 2.23. The number of carbonyl (C=O) groups is 1. The molecule has 1 fully saturated rings. The molecular weight excluding hydrogens is 268 g/mol. The Hall–Kier alpha value is -0.810. The Morgan fingerprint density at radius 2 is 1.76 bits per heavy atom. The molecule has 1 aliphatic rings. The van der Waals surface area contributed by atoms with Crippen molar-refractivity contribution < 1.29 is 14.3 Å². The smallest absolute Gasteiger partial charge is 0.407 e. The summed E-state index contributed by atoms with van der Waals surface area (Å²) in [6.45, 7) is 12.0. The van der Waals surface area contributed by atoms with Crippen molar-refractivity contribution in [3.05, 3.63) is 0 Å². The van der Waals surface area contributed by atoms with Crippen LogP contribution in [0.1, 0.15) is 60.8 Å². The Morgan fingerprint density at radius 1 is 1.19 bits per heavy atom. The second-order valence-corrected chi connectivity index (χ2v) is 7.75. The van der Waals surface area contributed by atoms with Gasteiger partial charge in [-0.25, -0.2) is 4.79 Å². The van der Waals surface area contributed by atoms with Gasteiger partial charge in [-0.15, -0.1) is 0 Å². The minimum Gasteiger partial charge on any atom is -0.444 e. The number of hydrogen-bond donors (Lipinski definition) is 2. The highest BCUT2D eigenvalue weighted by molar-refractivity contribution is 5.68. The normalized spacial score (nSPS) is 24.1. The lowest BCUT2D eigenvalue weighted by atomic mass is 9.85. The number of alkyl carbamates (subject to hydrolysis) is 1. The summed E-state index contributed by atoms with van der Waals surface area (Å²) in [5.41, 5.74) is -0.546. The van der Waals surface area contributed by atoms with E-state index < -0.39 is 5.60 Å². The quantitative estimate of drug-likeness (QED) is 0.792. The Morgan fingerprint density at radius 3 is 2.24 bits per heavy atom. The maximum absolute atomic E-state index is 11.6. The summed E-state index contributed by atoms with van der Waals surface area (Å²) in [5.74, 6) is 0. The molecule has 0 bridgehead atoms. The van der Waals surface area contributed by atoms with E-state index in [-0.39, 0.29) is 17.7 Å². The maximum Gasteiger partial charge on any atom is 0.407 e. The van der Waals surface area contributed by atoms with Crippen molar-refractivity contribution >= 4 is 6.09 Å². The van der Waals surface area contributed by atoms with Crippen LogP contribution in [0.2, 0.25) is 0 Å². The third-order valence-electron chi connectivity index (χ3n) is 3.73. The van der Waals surface area contributed by atoms with Crippen LogP contribution in [0.15, 0.2) is 0 Å². The molecule has 0 aromatic heterocycles. The predicted molar refractivity (Wildman–Crippen MR) is 84.5 cm³/mol. The lowest BCUT2D eigenvalue weighted by Crippen LogP contribution is -2.55. The van der Waals surface area contributed by atoms with E-state index in [4.69, 9.17) is 9.47 Å². The van der Waals surface area contributed by atoms with E-state index in [0.717, 1.165) is 19.3 Å². The molecule has 5 heteroatoms. The van der Waals surface area contributed by atoms with E-state index in [0.29, 0.717) is 12.1 Å². The number of methoxy groups -OCH3 is 1. The molecular formula is C16H32N2O3. The van der Waals surface area contributed by atoms with Crippen molar-refractivity contribution in [1.82, 2.24) is 10.6 Å². The average Bonchev–Trinajstić information content (AvgIpc) is 2.22. The Balaban J connectivity index is 2.20. The van der Waals surface area contributed by atoms with E-state index in [1.54, 1.807) is 7.11 Å². The topological polar surface area (TPSA) is 59.6 Å². The number of amides is 1. The molecule has 1 aliphatic carbocycles. The number of ether oxygens (including phenoxy) is 2. The zero-order chi connectivity index (χ0) is 16.3. The first-order valence-corrected chi connectivity index (χ1v) is 7.81. The van der Waals surface area contributed by atoms with E-state index in [1.165, 1.54) is 0 Å². The molecule has 0 spiro atoms. The van der Waals surface area contributed by atoms with Gasteiger partial charge in [0.25, 0.3) is 0 Å². The monoisotopic (exact) mass is 300 g/mol. The van der Waals surface area contributed by atoms with Gasteiger partial charge in [-0.1, -0.05) is 0 Å². The van der Waals surface area contributed by atoms with Crippen molar-refractivity contribution in [2.75, 3.05) is 7.11 Å². The molecule has 1 saturated carbocycles. The highest BCUT2D eigenvalue weighted by atomic mass is 16.6. The van der Waals surface area contributed by atoms with Crippen LogP contribution in [0.25, 0.3) is 0 Å². The van der Waals surface area contributed by atoms with Crippen LogP contribution in [0, 0.1) is 0 Å². The number of hydrogen-bond acceptors (Lipinski definition) is 4. The average molecular weight is 300 g/mol. The second kappa shape index (κ2) is 6.97. The number of nitrogens with one attached hydrogen (secondary N) is 2. The fourth-order valence-electron chi connectivity index (χ4n) is 2.63. The summed E-state index contributed by atoms with van der Waals surface area (Å²) < 4.78 is 10.7. The van der Waals surface area contributed by atoms with Crippen LogP contribution < -0.4 is 10.6 Å². The summed E-state index contributed by atoms with van der Waals surface area (Å²) in [5, 5.41) is 6.50. The Labute approximate surface area is 129 Å². The van der Waals surface area contributed by atoms with Crippen LogP contribution in [-0.4, -0.2) is 42.5 Å². The fraction of sp³-hybridized carbons (Fsp3) is 0.938. The van der Waals surface area contributed by atoms with Gasteiger partial charge in [-0.05, 0) is 60.8 Å². The van der Waals surface area contributed by atoms with Gasteiger partial charge < -0.3 is 20.1 Å². The van der Waals surface area contributed by atoms with Crippen molar-refractivity contribution in [3.8, 4) is 0 Å². The van der Waals surface area contributed by atoms with Crippen LogP contribution >= 0.6 is 0 Å². The third-order valence-corrected chi connectivity index (χ3v) is 3.73. The number of carbonyl (C=O) groups excluding carboxylic acids is 1. The van der Waals surface area contributed by atoms with Gasteiger partial charge in [0.15, 0.2) is 0 Å². The van der Waals surface area contributed by atoms with Crippen LogP contribution in [0.5, 0.6) is 0 Å².